The average Bonchev–Trinajstić information content (AvgIpc) is 2.92. The highest BCUT2D eigenvalue weighted by Crippen LogP contribution is 2.26. The molecule has 0 amide bonds. The molecule has 18 heavy (non-hydrogen) atoms. The largest absolute Gasteiger partial charge is 0.496 e. The monoisotopic (exact) mass is 249 g/mol. The van der Waals surface area contributed by atoms with Crippen molar-refractivity contribution in [3.8, 4) is 5.75 Å². The van der Waals surface area contributed by atoms with Gasteiger partial charge in [0.25, 0.3) is 0 Å². The molecule has 3 heteroatoms. The molecule has 0 aromatic heterocycles. The summed E-state index contributed by atoms with van der Waals surface area (Å²) in [6.07, 6.45) is 1.16. The topological polar surface area (TPSA) is 30.5 Å². The average molecular weight is 249 g/mol. The summed E-state index contributed by atoms with van der Waals surface area (Å²) in [6, 6.07) is 8.94. The Morgan fingerprint density at radius 1 is 1.33 bits per heavy atom. The van der Waals surface area contributed by atoms with Gasteiger partial charge in [0.15, 0.2) is 0 Å². The van der Waals surface area contributed by atoms with E-state index < -0.39 is 0 Å². The Morgan fingerprint density at radius 2 is 2.11 bits per heavy atom. The zero-order valence-electron chi connectivity index (χ0n) is 11.5. The molecule has 0 aliphatic carbocycles. The van der Waals surface area contributed by atoms with Crippen LogP contribution in [0.1, 0.15) is 31.9 Å². The Kier molecular flexibility index (Phi) is 4.61. The van der Waals surface area contributed by atoms with Crippen molar-refractivity contribution in [1.29, 1.82) is 0 Å². The van der Waals surface area contributed by atoms with Gasteiger partial charge in [-0.3, -0.25) is 0 Å². The third-order valence-electron chi connectivity index (χ3n) is 3.79. The molecule has 1 aliphatic rings. The Hall–Kier alpha value is -1.06. The summed E-state index contributed by atoms with van der Waals surface area (Å²) in [7, 11) is 1.72. The molecule has 1 saturated heterocycles. The van der Waals surface area contributed by atoms with Crippen LogP contribution >= 0.6 is 0 Å². The van der Waals surface area contributed by atoms with Gasteiger partial charge in [0, 0.05) is 24.3 Å². The van der Waals surface area contributed by atoms with E-state index in [1.54, 1.807) is 7.11 Å². The second-order valence-electron chi connectivity index (χ2n) is 5.04. The minimum Gasteiger partial charge on any atom is -0.496 e. The molecule has 0 bridgehead atoms. The van der Waals surface area contributed by atoms with Crippen LogP contribution in [0.4, 0.5) is 0 Å². The minimum atomic E-state index is 0.289. The normalized spacial score (nSPS) is 22.7. The maximum atomic E-state index is 5.45. The smallest absolute Gasteiger partial charge is 0.123 e. The van der Waals surface area contributed by atoms with Crippen LogP contribution in [-0.4, -0.2) is 26.4 Å². The van der Waals surface area contributed by atoms with Gasteiger partial charge in [0.2, 0.25) is 0 Å². The van der Waals surface area contributed by atoms with Crippen LogP contribution in [0.15, 0.2) is 24.3 Å². The van der Waals surface area contributed by atoms with Gasteiger partial charge in [-0.15, -0.1) is 0 Å². The molecule has 0 radical (unpaired) electrons. The van der Waals surface area contributed by atoms with E-state index in [9.17, 15) is 0 Å². The van der Waals surface area contributed by atoms with Gasteiger partial charge in [0.1, 0.15) is 5.75 Å². The number of rotatable bonds is 5. The maximum Gasteiger partial charge on any atom is 0.123 e. The molecule has 1 N–H and O–H groups in total. The van der Waals surface area contributed by atoms with Gasteiger partial charge in [-0.05, 0) is 32.3 Å². The highest BCUT2D eigenvalue weighted by Gasteiger charge is 2.24. The molecule has 1 aliphatic heterocycles. The molecule has 0 spiro atoms. The quantitative estimate of drug-likeness (QED) is 0.870. The molecule has 3 unspecified atom stereocenters. The molecule has 1 aromatic carbocycles. The lowest BCUT2D eigenvalue weighted by atomic mass is 9.98. The van der Waals surface area contributed by atoms with Gasteiger partial charge in [-0.2, -0.15) is 0 Å². The SMILES string of the molecule is COc1ccccc1C(C)NC(C)C1CCOC1. The number of para-hydroxylation sites is 1. The molecule has 2 rings (SSSR count). The maximum absolute atomic E-state index is 5.45. The lowest BCUT2D eigenvalue weighted by Gasteiger charge is -2.25. The summed E-state index contributed by atoms with van der Waals surface area (Å²) in [5.41, 5.74) is 1.21. The summed E-state index contributed by atoms with van der Waals surface area (Å²) in [6.45, 7) is 6.21. The van der Waals surface area contributed by atoms with E-state index in [4.69, 9.17) is 9.47 Å². The summed E-state index contributed by atoms with van der Waals surface area (Å²) < 4.78 is 10.9. The van der Waals surface area contributed by atoms with Gasteiger partial charge < -0.3 is 14.8 Å². The van der Waals surface area contributed by atoms with Crippen molar-refractivity contribution in [2.45, 2.75) is 32.4 Å². The van der Waals surface area contributed by atoms with Crippen molar-refractivity contribution < 1.29 is 9.47 Å². The number of ether oxygens (including phenoxy) is 2. The Labute approximate surface area is 109 Å². The van der Waals surface area contributed by atoms with E-state index in [-0.39, 0.29) is 6.04 Å². The molecule has 1 aromatic rings. The third-order valence-corrected chi connectivity index (χ3v) is 3.79. The number of hydrogen-bond donors (Lipinski definition) is 1. The first-order chi connectivity index (χ1) is 8.72. The van der Waals surface area contributed by atoms with E-state index in [1.165, 1.54) is 5.56 Å². The van der Waals surface area contributed by atoms with Crippen LogP contribution in [0.3, 0.4) is 0 Å². The van der Waals surface area contributed by atoms with E-state index in [1.807, 2.05) is 12.1 Å². The highest BCUT2D eigenvalue weighted by atomic mass is 16.5. The lowest BCUT2D eigenvalue weighted by Crippen LogP contribution is -2.35. The Bertz CT molecular complexity index is 375. The summed E-state index contributed by atoms with van der Waals surface area (Å²) >= 11 is 0. The first-order valence-corrected chi connectivity index (χ1v) is 6.69. The Morgan fingerprint density at radius 3 is 2.78 bits per heavy atom. The molecule has 1 heterocycles. The second-order valence-corrected chi connectivity index (χ2v) is 5.04. The van der Waals surface area contributed by atoms with E-state index in [0.29, 0.717) is 12.0 Å². The van der Waals surface area contributed by atoms with Crippen LogP contribution < -0.4 is 10.1 Å². The summed E-state index contributed by atoms with van der Waals surface area (Å²) in [5.74, 6) is 1.58. The molecule has 0 saturated carbocycles. The van der Waals surface area contributed by atoms with Crippen LogP contribution in [0, 0.1) is 5.92 Å². The molecular formula is C15H23NO2. The molecular weight excluding hydrogens is 226 g/mol. The summed E-state index contributed by atoms with van der Waals surface area (Å²) in [5, 5.41) is 3.65. The van der Waals surface area contributed by atoms with Crippen LogP contribution in [0.5, 0.6) is 5.75 Å². The van der Waals surface area contributed by atoms with Crippen LogP contribution in [0.2, 0.25) is 0 Å². The highest BCUT2D eigenvalue weighted by molar-refractivity contribution is 5.35. The van der Waals surface area contributed by atoms with Gasteiger partial charge in [-0.1, -0.05) is 18.2 Å². The number of benzene rings is 1. The van der Waals surface area contributed by atoms with Gasteiger partial charge >= 0.3 is 0 Å². The zero-order chi connectivity index (χ0) is 13.0. The summed E-state index contributed by atoms with van der Waals surface area (Å²) in [4.78, 5) is 0. The van der Waals surface area contributed by atoms with E-state index in [0.717, 1.165) is 25.4 Å². The first-order valence-electron chi connectivity index (χ1n) is 6.69. The number of nitrogens with one attached hydrogen (secondary N) is 1. The van der Waals surface area contributed by atoms with Crippen LogP contribution in [0.25, 0.3) is 0 Å². The van der Waals surface area contributed by atoms with Gasteiger partial charge in [0.05, 0.1) is 13.7 Å². The first kappa shape index (κ1) is 13.4. The second kappa shape index (κ2) is 6.21. The van der Waals surface area contributed by atoms with Crippen molar-refractivity contribution in [3.05, 3.63) is 29.8 Å². The van der Waals surface area contributed by atoms with E-state index in [2.05, 4.69) is 31.3 Å². The standard InChI is InChI=1S/C15H23NO2/c1-11(13-8-9-18-10-13)16-12(2)14-6-4-5-7-15(14)17-3/h4-7,11-13,16H,8-10H2,1-3H3. The van der Waals surface area contributed by atoms with Crippen molar-refractivity contribution in [1.82, 2.24) is 5.32 Å². The van der Waals surface area contributed by atoms with Crippen molar-refractivity contribution in [2.75, 3.05) is 20.3 Å². The predicted molar refractivity (Wildman–Crippen MR) is 72.9 cm³/mol. The van der Waals surface area contributed by atoms with Crippen molar-refractivity contribution in [2.24, 2.45) is 5.92 Å². The molecule has 1 fully saturated rings. The zero-order valence-corrected chi connectivity index (χ0v) is 11.5. The third kappa shape index (κ3) is 3.03. The molecule has 100 valence electrons. The molecule has 3 atom stereocenters. The minimum absolute atomic E-state index is 0.289. The fourth-order valence-electron chi connectivity index (χ4n) is 2.59. The van der Waals surface area contributed by atoms with Crippen LogP contribution in [-0.2, 0) is 4.74 Å². The van der Waals surface area contributed by atoms with Gasteiger partial charge in [-0.25, -0.2) is 0 Å². The number of methoxy groups -OCH3 is 1. The van der Waals surface area contributed by atoms with E-state index >= 15 is 0 Å². The predicted octanol–water partition coefficient (Wildman–Crippen LogP) is 2.77. The molecule has 3 nitrogen and oxygen atoms in total. The van der Waals surface area contributed by atoms with Crippen molar-refractivity contribution in [3.63, 3.8) is 0 Å². The lowest BCUT2D eigenvalue weighted by molar-refractivity contribution is 0.177. The number of hydrogen-bond acceptors (Lipinski definition) is 3. The fraction of sp³-hybridized carbons (Fsp3) is 0.600. The fourth-order valence-corrected chi connectivity index (χ4v) is 2.59. The Balaban J connectivity index is 1.99. The van der Waals surface area contributed by atoms with Crippen molar-refractivity contribution >= 4 is 0 Å².